The summed E-state index contributed by atoms with van der Waals surface area (Å²) in [5.41, 5.74) is 3.83. The van der Waals surface area contributed by atoms with Crippen LogP contribution in [-0.2, 0) is 9.84 Å². The van der Waals surface area contributed by atoms with Gasteiger partial charge in [-0.15, -0.1) is 0 Å². The Morgan fingerprint density at radius 2 is 1.64 bits per heavy atom. The van der Waals surface area contributed by atoms with Crippen LogP contribution in [0.5, 0.6) is 5.75 Å². The lowest BCUT2D eigenvalue weighted by molar-refractivity contribution is 0.415. The molecule has 3 rings (SSSR count). The molecule has 25 heavy (non-hydrogen) atoms. The maximum absolute atomic E-state index is 14.3. The van der Waals surface area contributed by atoms with Gasteiger partial charge in [0.25, 0.3) is 0 Å². The number of ether oxygens (including phenoxy) is 1. The van der Waals surface area contributed by atoms with Crippen molar-refractivity contribution in [2.75, 3.05) is 13.4 Å². The van der Waals surface area contributed by atoms with Crippen LogP contribution in [0.1, 0.15) is 30.4 Å². The average molecular weight is 381 g/mol. The largest absolute Gasteiger partial charge is 0.495 e. The third-order valence-electron chi connectivity index (χ3n) is 4.40. The van der Waals surface area contributed by atoms with E-state index in [1.807, 2.05) is 18.2 Å². The highest BCUT2D eigenvalue weighted by molar-refractivity contribution is 7.90. The standard InChI is InChI=1S/C19H18ClFO3S/c1-24-18-8-6-12(10-16(18)20)14-4-3-5-15(14)13-7-9-19(17(21)11-13)25(2,22)23/h6-11H,3-5H2,1-2H3. The summed E-state index contributed by atoms with van der Waals surface area (Å²) in [4.78, 5) is -0.274. The van der Waals surface area contributed by atoms with Crippen molar-refractivity contribution in [1.29, 1.82) is 0 Å². The van der Waals surface area contributed by atoms with Gasteiger partial charge in [0, 0.05) is 6.26 Å². The average Bonchev–Trinajstić information content (AvgIpc) is 3.03. The van der Waals surface area contributed by atoms with E-state index in [-0.39, 0.29) is 4.90 Å². The zero-order valence-electron chi connectivity index (χ0n) is 14.0. The summed E-state index contributed by atoms with van der Waals surface area (Å²) in [6, 6.07) is 9.92. The zero-order valence-corrected chi connectivity index (χ0v) is 15.5. The zero-order chi connectivity index (χ0) is 18.2. The molecule has 2 aromatic rings. The molecule has 0 N–H and O–H groups in total. The quantitative estimate of drug-likeness (QED) is 0.750. The molecule has 1 aliphatic rings. The number of rotatable bonds is 4. The van der Waals surface area contributed by atoms with Crippen molar-refractivity contribution >= 4 is 32.6 Å². The Hall–Kier alpha value is -1.85. The van der Waals surface area contributed by atoms with Gasteiger partial charge in [-0.2, -0.15) is 0 Å². The molecule has 0 spiro atoms. The van der Waals surface area contributed by atoms with E-state index in [0.717, 1.165) is 42.2 Å². The van der Waals surface area contributed by atoms with Crippen LogP contribution in [0.15, 0.2) is 41.3 Å². The van der Waals surface area contributed by atoms with Crippen LogP contribution in [0.25, 0.3) is 11.1 Å². The minimum absolute atomic E-state index is 0.274. The van der Waals surface area contributed by atoms with E-state index in [4.69, 9.17) is 16.3 Å². The Bertz CT molecular complexity index is 965. The molecule has 0 heterocycles. The van der Waals surface area contributed by atoms with Crippen LogP contribution in [0.2, 0.25) is 5.02 Å². The summed E-state index contributed by atoms with van der Waals surface area (Å²) in [5.74, 6) is -0.111. The summed E-state index contributed by atoms with van der Waals surface area (Å²) in [7, 11) is -2.01. The molecule has 0 amide bonds. The molecule has 0 saturated carbocycles. The van der Waals surface area contributed by atoms with Crippen molar-refractivity contribution < 1.29 is 17.5 Å². The van der Waals surface area contributed by atoms with E-state index in [1.54, 1.807) is 13.2 Å². The van der Waals surface area contributed by atoms with E-state index in [0.29, 0.717) is 16.3 Å². The molecule has 1 aliphatic carbocycles. The number of allylic oxidation sites excluding steroid dienone is 2. The molecule has 0 saturated heterocycles. The van der Waals surface area contributed by atoms with Gasteiger partial charge in [0.15, 0.2) is 9.84 Å². The number of methoxy groups -OCH3 is 1. The first-order valence-corrected chi connectivity index (χ1v) is 10.1. The van der Waals surface area contributed by atoms with Crippen LogP contribution in [-0.4, -0.2) is 21.8 Å². The van der Waals surface area contributed by atoms with Crippen molar-refractivity contribution in [2.45, 2.75) is 24.2 Å². The highest BCUT2D eigenvalue weighted by atomic mass is 35.5. The highest BCUT2D eigenvalue weighted by Crippen LogP contribution is 2.41. The van der Waals surface area contributed by atoms with Crippen LogP contribution in [0.3, 0.4) is 0 Å². The maximum Gasteiger partial charge on any atom is 0.178 e. The predicted molar refractivity (Wildman–Crippen MR) is 98.2 cm³/mol. The predicted octanol–water partition coefficient (Wildman–Crippen LogP) is 4.99. The molecule has 0 aromatic heterocycles. The molecule has 0 unspecified atom stereocenters. The minimum Gasteiger partial charge on any atom is -0.495 e. The number of hydrogen-bond donors (Lipinski definition) is 0. The molecule has 0 fully saturated rings. The number of halogens is 2. The van der Waals surface area contributed by atoms with Crippen molar-refractivity contribution in [1.82, 2.24) is 0 Å². The molecule has 0 atom stereocenters. The first kappa shape index (κ1) is 18.0. The SMILES string of the molecule is COc1ccc(C2=C(c3ccc(S(C)(=O)=O)c(F)c3)CCC2)cc1Cl. The topological polar surface area (TPSA) is 43.4 Å². The van der Waals surface area contributed by atoms with Crippen LogP contribution in [0.4, 0.5) is 4.39 Å². The van der Waals surface area contributed by atoms with Gasteiger partial charge in [-0.1, -0.05) is 23.7 Å². The molecule has 0 bridgehead atoms. The van der Waals surface area contributed by atoms with Crippen LogP contribution in [0, 0.1) is 5.82 Å². The highest BCUT2D eigenvalue weighted by Gasteiger charge is 2.21. The van der Waals surface area contributed by atoms with Gasteiger partial charge in [-0.3, -0.25) is 0 Å². The fourth-order valence-corrected chi connectivity index (χ4v) is 4.21. The van der Waals surface area contributed by atoms with Gasteiger partial charge in [0.1, 0.15) is 16.5 Å². The molecule has 3 nitrogen and oxygen atoms in total. The van der Waals surface area contributed by atoms with Gasteiger partial charge in [-0.25, -0.2) is 12.8 Å². The fraction of sp³-hybridized carbons (Fsp3) is 0.263. The molecular formula is C19H18ClFO3S. The Kier molecular flexibility index (Phi) is 4.89. The van der Waals surface area contributed by atoms with Crippen molar-refractivity contribution in [3.05, 3.63) is 58.4 Å². The van der Waals surface area contributed by atoms with Gasteiger partial charge in [-0.05, 0) is 65.8 Å². The molecule has 2 aromatic carbocycles. The maximum atomic E-state index is 14.3. The summed E-state index contributed by atoms with van der Waals surface area (Å²) < 4.78 is 42.6. The second-order valence-corrected chi connectivity index (χ2v) is 8.47. The Morgan fingerprint density at radius 1 is 1.04 bits per heavy atom. The first-order chi connectivity index (χ1) is 11.8. The van der Waals surface area contributed by atoms with E-state index < -0.39 is 15.7 Å². The smallest absolute Gasteiger partial charge is 0.178 e. The van der Waals surface area contributed by atoms with Crippen LogP contribution >= 0.6 is 11.6 Å². The molecule has 0 radical (unpaired) electrons. The summed E-state index contributed by atoms with van der Waals surface area (Å²) >= 11 is 6.22. The lowest BCUT2D eigenvalue weighted by atomic mass is 9.97. The van der Waals surface area contributed by atoms with Crippen molar-refractivity contribution in [3.63, 3.8) is 0 Å². The normalized spacial score (nSPS) is 14.9. The van der Waals surface area contributed by atoms with E-state index in [9.17, 15) is 12.8 Å². The first-order valence-electron chi connectivity index (χ1n) is 7.87. The Labute approximate surface area is 152 Å². The van der Waals surface area contributed by atoms with Crippen molar-refractivity contribution in [2.24, 2.45) is 0 Å². The van der Waals surface area contributed by atoms with E-state index in [2.05, 4.69) is 0 Å². The van der Waals surface area contributed by atoms with Gasteiger partial charge < -0.3 is 4.74 Å². The third kappa shape index (κ3) is 3.58. The van der Waals surface area contributed by atoms with Crippen LogP contribution < -0.4 is 4.74 Å². The van der Waals surface area contributed by atoms with Gasteiger partial charge in [0.2, 0.25) is 0 Å². The second kappa shape index (κ2) is 6.81. The molecule has 6 heteroatoms. The van der Waals surface area contributed by atoms with E-state index >= 15 is 0 Å². The number of sulfone groups is 1. The summed E-state index contributed by atoms with van der Waals surface area (Å²) in [6.07, 6.45) is 3.65. The van der Waals surface area contributed by atoms with Gasteiger partial charge >= 0.3 is 0 Å². The monoisotopic (exact) mass is 380 g/mol. The fourth-order valence-electron chi connectivity index (χ4n) is 3.22. The number of hydrogen-bond acceptors (Lipinski definition) is 3. The summed E-state index contributed by atoms with van der Waals surface area (Å²) in [5, 5.41) is 0.525. The lowest BCUT2D eigenvalue weighted by Gasteiger charge is -2.11. The summed E-state index contributed by atoms with van der Waals surface area (Å²) in [6.45, 7) is 0. The lowest BCUT2D eigenvalue weighted by Crippen LogP contribution is -2.01. The van der Waals surface area contributed by atoms with Crippen molar-refractivity contribution in [3.8, 4) is 5.75 Å². The van der Waals surface area contributed by atoms with Gasteiger partial charge in [0.05, 0.1) is 12.1 Å². The second-order valence-electron chi connectivity index (χ2n) is 6.08. The molecule has 132 valence electrons. The minimum atomic E-state index is -3.58. The Balaban J connectivity index is 2.07. The van der Waals surface area contributed by atoms with E-state index in [1.165, 1.54) is 12.1 Å². The Morgan fingerprint density at radius 3 is 2.16 bits per heavy atom. The third-order valence-corrected chi connectivity index (χ3v) is 5.82. The number of benzene rings is 2. The molecule has 0 aliphatic heterocycles. The molecular weight excluding hydrogens is 363 g/mol.